The first kappa shape index (κ1) is 16.0. The quantitative estimate of drug-likeness (QED) is 0.757. The number of rotatable bonds is 2. The third kappa shape index (κ3) is 2.85. The number of carbonyl (C=O) groups is 1. The zero-order valence-corrected chi connectivity index (χ0v) is 15.0. The smallest absolute Gasteiger partial charge is 0.262 e. The van der Waals surface area contributed by atoms with Crippen molar-refractivity contribution in [3.8, 4) is 0 Å². The summed E-state index contributed by atoms with van der Waals surface area (Å²) in [6, 6.07) is 18.8. The molecule has 0 fully saturated rings. The number of carbonyl (C=O) groups excluding carboxylic acids is 1. The van der Waals surface area contributed by atoms with E-state index in [9.17, 15) is 4.79 Å². The summed E-state index contributed by atoms with van der Waals surface area (Å²) in [5, 5.41) is 7.85. The number of amides is 1. The van der Waals surface area contributed by atoms with E-state index in [-0.39, 0.29) is 5.91 Å². The molecule has 2 aliphatic rings. The Labute approximate surface area is 155 Å². The van der Waals surface area contributed by atoms with Gasteiger partial charge < -0.3 is 0 Å². The van der Waals surface area contributed by atoms with Crippen molar-refractivity contribution in [2.75, 3.05) is 0 Å². The van der Waals surface area contributed by atoms with Crippen LogP contribution in [0, 0.1) is 0 Å². The van der Waals surface area contributed by atoms with E-state index in [2.05, 4.69) is 5.10 Å². The lowest BCUT2D eigenvalue weighted by atomic mass is 10.1. The number of fused-ring (bicyclic) bond motifs is 1. The number of amidine groups is 1. The first-order valence-electron chi connectivity index (χ1n) is 7.73. The highest BCUT2D eigenvalue weighted by molar-refractivity contribution is 8.26. The number of benzene rings is 2. The Hall–Kier alpha value is -2.51. The van der Waals surface area contributed by atoms with E-state index < -0.39 is 6.17 Å². The van der Waals surface area contributed by atoms with E-state index in [1.54, 1.807) is 17.1 Å². The molecule has 0 aromatic heterocycles. The van der Waals surface area contributed by atoms with Crippen LogP contribution in [0.25, 0.3) is 0 Å². The maximum atomic E-state index is 13.2. The number of thioether (sulfide) groups is 1. The number of hydrogen-bond acceptors (Lipinski definition) is 5. The maximum absolute atomic E-state index is 13.2. The summed E-state index contributed by atoms with van der Waals surface area (Å²) in [6.45, 7) is 1.90. The largest absolute Gasteiger partial charge is 0.269 e. The average molecular weight is 366 g/mol. The van der Waals surface area contributed by atoms with Gasteiger partial charge in [-0.15, -0.1) is 0 Å². The lowest BCUT2D eigenvalue weighted by Crippen LogP contribution is -2.49. The molecule has 0 bridgehead atoms. The lowest BCUT2D eigenvalue weighted by molar-refractivity contribution is 0.0788. The second kappa shape index (κ2) is 6.42. The van der Waals surface area contributed by atoms with Gasteiger partial charge in [0.2, 0.25) is 5.11 Å². The van der Waals surface area contributed by atoms with Gasteiger partial charge in [-0.1, -0.05) is 48.5 Å². The number of hydrogen-bond donors (Lipinski definition) is 0. The van der Waals surface area contributed by atoms with Gasteiger partial charge in [0.25, 0.3) is 5.91 Å². The Bertz CT molecular complexity index is 896. The van der Waals surface area contributed by atoms with E-state index >= 15 is 0 Å². The van der Waals surface area contributed by atoms with Crippen LogP contribution in [0.3, 0.4) is 0 Å². The molecule has 1 amide bonds. The SMILES string of the molecule is CC1=NN2C(=S)N(C(=O)c3ccccc3)C(c3ccccc3)N=C2S1. The summed E-state index contributed by atoms with van der Waals surface area (Å²) in [5.74, 6) is -0.188. The number of nitrogens with zero attached hydrogens (tertiary/aromatic N) is 4. The van der Waals surface area contributed by atoms with Crippen molar-refractivity contribution in [1.82, 2.24) is 9.91 Å². The van der Waals surface area contributed by atoms with Crippen LogP contribution >= 0.6 is 24.0 Å². The van der Waals surface area contributed by atoms with Gasteiger partial charge in [0, 0.05) is 5.56 Å². The Morgan fingerprint density at radius 2 is 1.72 bits per heavy atom. The molecule has 7 heteroatoms. The van der Waals surface area contributed by atoms with Crippen LogP contribution in [0.5, 0.6) is 0 Å². The molecule has 0 radical (unpaired) electrons. The molecule has 0 saturated heterocycles. The molecule has 25 heavy (non-hydrogen) atoms. The molecule has 124 valence electrons. The molecule has 2 aromatic carbocycles. The summed E-state index contributed by atoms with van der Waals surface area (Å²) in [7, 11) is 0. The van der Waals surface area contributed by atoms with E-state index in [0.29, 0.717) is 15.8 Å². The van der Waals surface area contributed by atoms with Crippen molar-refractivity contribution < 1.29 is 4.79 Å². The van der Waals surface area contributed by atoms with Gasteiger partial charge >= 0.3 is 0 Å². The van der Waals surface area contributed by atoms with Crippen molar-refractivity contribution in [3.05, 3.63) is 71.8 Å². The van der Waals surface area contributed by atoms with E-state index in [4.69, 9.17) is 17.2 Å². The van der Waals surface area contributed by atoms with Crippen molar-refractivity contribution in [1.29, 1.82) is 0 Å². The highest BCUT2D eigenvalue weighted by Gasteiger charge is 2.40. The zero-order chi connectivity index (χ0) is 17.4. The van der Waals surface area contributed by atoms with Crippen LogP contribution in [-0.4, -0.2) is 31.1 Å². The fourth-order valence-electron chi connectivity index (χ4n) is 2.72. The molecule has 4 rings (SSSR count). The standard InChI is InChI=1S/C18H14N4OS2/c1-12-20-22-17(25-12)19-15(13-8-4-2-5-9-13)21(18(22)24)16(23)14-10-6-3-7-11-14/h2-11,15H,1H3. The predicted octanol–water partition coefficient (Wildman–Crippen LogP) is 3.86. The van der Waals surface area contributed by atoms with Crippen LogP contribution in [-0.2, 0) is 0 Å². The molecule has 2 aliphatic heterocycles. The minimum absolute atomic E-state index is 0.188. The molecule has 0 aliphatic carbocycles. The summed E-state index contributed by atoms with van der Waals surface area (Å²) < 4.78 is 0. The van der Waals surface area contributed by atoms with Crippen molar-refractivity contribution >= 4 is 45.2 Å². The molecule has 0 saturated carbocycles. The van der Waals surface area contributed by atoms with Gasteiger partial charge in [0.15, 0.2) is 11.3 Å². The highest BCUT2D eigenvalue weighted by Crippen LogP contribution is 2.35. The summed E-state index contributed by atoms with van der Waals surface area (Å²) in [5.41, 5.74) is 1.48. The molecule has 5 nitrogen and oxygen atoms in total. The number of thiocarbonyl (C=S) groups is 1. The normalized spacial score (nSPS) is 19.4. The van der Waals surface area contributed by atoms with Crippen LogP contribution in [0.1, 0.15) is 29.0 Å². The third-order valence-electron chi connectivity index (χ3n) is 3.86. The Kier molecular flexibility index (Phi) is 4.10. The molecule has 0 spiro atoms. The summed E-state index contributed by atoms with van der Waals surface area (Å²) in [6.07, 6.45) is -0.499. The lowest BCUT2D eigenvalue weighted by Gasteiger charge is -2.36. The van der Waals surface area contributed by atoms with Crippen LogP contribution in [0.4, 0.5) is 0 Å². The third-order valence-corrected chi connectivity index (χ3v) is 5.07. The average Bonchev–Trinajstić information content (AvgIpc) is 3.03. The molecule has 0 N–H and O–H groups in total. The molecular weight excluding hydrogens is 352 g/mol. The topological polar surface area (TPSA) is 48.3 Å². The Morgan fingerprint density at radius 1 is 1.08 bits per heavy atom. The molecule has 2 heterocycles. The Balaban J connectivity index is 1.81. The van der Waals surface area contributed by atoms with Crippen molar-refractivity contribution in [2.24, 2.45) is 10.1 Å². The number of hydrazone groups is 1. The minimum atomic E-state index is -0.499. The van der Waals surface area contributed by atoms with E-state index in [1.165, 1.54) is 16.7 Å². The fourth-order valence-corrected chi connectivity index (χ4v) is 3.84. The minimum Gasteiger partial charge on any atom is -0.269 e. The number of aliphatic imine (C=N–C) groups is 1. The molecule has 2 aromatic rings. The summed E-state index contributed by atoms with van der Waals surface area (Å²) >= 11 is 7.06. The monoisotopic (exact) mass is 366 g/mol. The van der Waals surface area contributed by atoms with Crippen LogP contribution < -0.4 is 0 Å². The van der Waals surface area contributed by atoms with E-state index in [0.717, 1.165) is 10.6 Å². The maximum Gasteiger partial charge on any atom is 0.262 e. The second-order valence-electron chi connectivity index (χ2n) is 5.55. The summed E-state index contributed by atoms with van der Waals surface area (Å²) in [4.78, 5) is 19.4. The zero-order valence-electron chi connectivity index (χ0n) is 13.4. The first-order chi connectivity index (χ1) is 12.1. The fraction of sp³-hybridized carbons (Fsp3) is 0.111. The van der Waals surface area contributed by atoms with E-state index in [1.807, 2.05) is 55.5 Å². The second-order valence-corrected chi connectivity index (χ2v) is 7.08. The van der Waals surface area contributed by atoms with Gasteiger partial charge in [-0.05, 0) is 48.6 Å². The van der Waals surface area contributed by atoms with Crippen LogP contribution in [0.15, 0.2) is 70.8 Å². The predicted molar refractivity (Wildman–Crippen MR) is 104 cm³/mol. The van der Waals surface area contributed by atoms with Gasteiger partial charge in [-0.3, -0.25) is 9.69 Å². The Morgan fingerprint density at radius 3 is 2.40 bits per heavy atom. The van der Waals surface area contributed by atoms with Gasteiger partial charge in [0.1, 0.15) is 0 Å². The first-order valence-corrected chi connectivity index (χ1v) is 8.96. The molecular formula is C18H14N4OS2. The van der Waals surface area contributed by atoms with Crippen molar-refractivity contribution in [3.63, 3.8) is 0 Å². The van der Waals surface area contributed by atoms with Gasteiger partial charge in [0.05, 0.1) is 5.04 Å². The highest BCUT2D eigenvalue weighted by atomic mass is 32.2. The van der Waals surface area contributed by atoms with Crippen molar-refractivity contribution in [2.45, 2.75) is 13.1 Å². The van der Waals surface area contributed by atoms with Gasteiger partial charge in [-0.25, -0.2) is 4.99 Å². The van der Waals surface area contributed by atoms with Crippen LogP contribution in [0.2, 0.25) is 0 Å². The van der Waals surface area contributed by atoms with Gasteiger partial charge in [-0.2, -0.15) is 10.1 Å². The molecule has 1 unspecified atom stereocenters. The molecule has 1 atom stereocenters.